The van der Waals surface area contributed by atoms with Crippen molar-refractivity contribution in [2.24, 2.45) is 4.99 Å². The van der Waals surface area contributed by atoms with E-state index in [1.165, 1.54) is 11.1 Å². The van der Waals surface area contributed by atoms with Crippen LogP contribution in [-0.4, -0.2) is 24.1 Å². The average molecular weight is 255 g/mol. The van der Waals surface area contributed by atoms with Gasteiger partial charge in [-0.15, -0.1) is 0 Å². The van der Waals surface area contributed by atoms with Crippen LogP contribution in [0, 0.1) is 0 Å². The summed E-state index contributed by atoms with van der Waals surface area (Å²) in [5.41, 5.74) is 5.92. The zero-order valence-corrected chi connectivity index (χ0v) is 10.7. The Morgan fingerprint density at radius 3 is 2.74 bits per heavy atom. The number of carbonyl (C=O) groups is 1. The molecule has 0 spiro atoms. The Hall–Kier alpha value is -2.56. The summed E-state index contributed by atoms with van der Waals surface area (Å²) >= 11 is 0. The number of fused-ring (bicyclic) bond motifs is 1. The van der Waals surface area contributed by atoms with E-state index in [0.29, 0.717) is 17.2 Å². The molecule has 0 atom stereocenters. The van der Waals surface area contributed by atoms with Crippen LogP contribution >= 0.6 is 0 Å². The zero-order valence-electron chi connectivity index (χ0n) is 10.7. The highest BCUT2D eigenvalue weighted by Gasteiger charge is 2.30. The van der Waals surface area contributed by atoms with Crippen LogP contribution in [-0.2, 0) is 9.63 Å². The van der Waals surface area contributed by atoms with Crippen LogP contribution in [0.4, 0.5) is 0 Å². The quantitative estimate of drug-likeness (QED) is 0.830. The number of carbonyl (C=O) groups excluding carboxylic acids is 1. The van der Waals surface area contributed by atoms with Gasteiger partial charge >= 0.3 is 0 Å². The van der Waals surface area contributed by atoms with Crippen LogP contribution in [0.25, 0.3) is 5.70 Å². The van der Waals surface area contributed by atoms with Crippen molar-refractivity contribution in [2.45, 2.75) is 6.92 Å². The molecule has 0 saturated carbocycles. The summed E-state index contributed by atoms with van der Waals surface area (Å²) in [5.74, 6) is 0.481. The molecule has 0 saturated heterocycles. The first kappa shape index (κ1) is 11.5. The molecule has 1 amide bonds. The molecule has 0 aromatic heterocycles. The SMILES string of the molecule is CC1=C2C(=C(c3ccccc3)N=CC(=O)N2C)NO1. The van der Waals surface area contributed by atoms with Crippen molar-refractivity contribution in [3.63, 3.8) is 0 Å². The lowest BCUT2D eigenvalue weighted by Crippen LogP contribution is -2.27. The van der Waals surface area contributed by atoms with Crippen LogP contribution in [0.2, 0.25) is 0 Å². The third-order valence-electron chi connectivity index (χ3n) is 3.13. The minimum absolute atomic E-state index is 0.176. The summed E-state index contributed by atoms with van der Waals surface area (Å²) in [6, 6.07) is 9.69. The average Bonchev–Trinajstić information content (AvgIpc) is 2.75. The van der Waals surface area contributed by atoms with Gasteiger partial charge in [0, 0.05) is 12.6 Å². The highest BCUT2D eigenvalue weighted by atomic mass is 16.7. The molecular formula is C14H13N3O2. The van der Waals surface area contributed by atoms with Crippen LogP contribution < -0.4 is 5.48 Å². The van der Waals surface area contributed by atoms with Gasteiger partial charge in [0.2, 0.25) is 0 Å². The second kappa shape index (κ2) is 4.28. The van der Waals surface area contributed by atoms with E-state index >= 15 is 0 Å². The number of rotatable bonds is 1. The van der Waals surface area contributed by atoms with Gasteiger partial charge in [-0.1, -0.05) is 30.3 Å². The van der Waals surface area contributed by atoms with E-state index in [0.717, 1.165) is 11.3 Å². The number of amides is 1. The molecule has 0 radical (unpaired) electrons. The van der Waals surface area contributed by atoms with Gasteiger partial charge < -0.3 is 9.74 Å². The molecule has 5 nitrogen and oxygen atoms in total. The van der Waals surface area contributed by atoms with Crippen molar-refractivity contribution < 1.29 is 9.63 Å². The molecule has 0 bridgehead atoms. The number of hydrogen-bond donors (Lipinski definition) is 1. The van der Waals surface area contributed by atoms with Gasteiger partial charge in [-0.3, -0.25) is 4.79 Å². The Bertz CT molecular complexity index is 629. The van der Waals surface area contributed by atoms with Gasteiger partial charge in [-0.25, -0.2) is 10.5 Å². The monoisotopic (exact) mass is 255 g/mol. The van der Waals surface area contributed by atoms with Gasteiger partial charge in [-0.2, -0.15) is 0 Å². The first-order valence-electron chi connectivity index (χ1n) is 5.94. The molecule has 3 rings (SSSR count). The molecule has 96 valence electrons. The topological polar surface area (TPSA) is 53.9 Å². The summed E-state index contributed by atoms with van der Waals surface area (Å²) in [4.78, 5) is 23.1. The van der Waals surface area contributed by atoms with Gasteiger partial charge in [0.05, 0.1) is 11.9 Å². The van der Waals surface area contributed by atoms with Gasteiger partial charge in [0.15, 0.2) is 5.76 Å². The largest absolute Gasteiger partial charge is 0.384 e. The fraction of sp³-hybridized carbons (Fsp3) is 0.143. The van der Waals surface area contributed by atoms with Crippen LogP contribution in [0.1, 0.15) is 12.5 Å². The molecule has 0 unspecified atom stereocenters. The molecule has 1 N–H and O–H groups in total. The Morgan fingerprint density at radius 1 is 1.26 bits per heavy atom. The maximum atomic E-state index is 11.9. The van der Waals surface area contributed by atoms with E-state index in [1.54, 1.807) is 7.05 Å². The summed E-state index contributed by atoms with van der Waals surface area (Å²) < 4.78 is 0. The smallest absolute Gasteiger partial charge is 0.269 e. The summed E-state index contributed by atoms with van der Waals surface area (Å²) in [6.45, 7) is 1.81. The van der Waals surface area contributed by atoms with E-state index in [2.05, 4.69) is 10.5 Å². The van der Waals surface area contributed by atoms with E-state index in [1.807, 2.05) is 37.3 Å². The van der Waals surface area contributed by atoms with Crippen molar-refractivity contribution in [1.82, 2.24) is 10.4 Å². The molecular weight excluding hydrogens is 242 g/mol. The number of benzene rings is 1. The Morgan fingerprint density at radius 2 is 2.00 bits per heavy atom. The lowest BCUT2D eigenvalue weighted by Gasteiger charge is -2.14. The summed E-state index contributed by atoms with van der Waals surface area (Å²) in [7, 11) is 1.71. The molecule has 0 aliphatic carbocycles. The van der Waals surface area contributed by atoms with Crippen LogP contribution in [0.15, 0.2) is 52.5 Å². The fourth-order valence-corrected chi connectivity index (χ4v) is 2.16. The molecule has 1 aromatic rings. The van der Waals surface area contributed by atoms with Crippen LogP contribution in [0.5, 0.6) is 0 Å². The minimum Gasteiger partial charge on any atom is -0.384 e. The third-order valence-corrected chi connectivity index (χ3v) is 3.13. The van der Waals surface area contributed by atoms with Crippen molar-refractivity contribution in [2.75, 3.05) is 7.05 Å². The Kier molecular flexibility index (Phi) is 2.59. The maximum absolute atomic E-state index is 11.9. The van der Waals surface area contributed by atoms with Gasteiger partial charge in [0.1, 0.15) is 11.4 Å². The fourth-order valence-electron chi connectivity index (χ4n) is 2.16. The molecule has 0 fully saturated rings. The third kappa shape index (κ3) is 1.79. The standard InChI is InChI=1S/C14H13N3O2/c1-9-14-13(16-19-9)12(10-6-4-3-5-7-10)15-8-11(18)17(14)2/h3-8,16H,1-2H3. The van der Waals surface area contributed by atoms with Gasteiger partial charge in [-0.05, 0) is 6.92 Å². The number of nitrogens with one attached hydrogen (secondary N) is 1. The lowest BCUT2D eigenvalue weighted by molar-refractivity contribution is -0.120. The van der Waals surface area contributed by atoms with E-state index in [4.69, 9.17) is 4.84 Å². The van der Waals surface area contributed by atoms with Crippen molar-refractivity contribution in [3.8, 4) is 0 Å². The predicted molar refractivity (Wildman–Crippen MR) is 71.5 cm³/mol. The second-order valence-electron chi connectivity index (χ2n) is 4.35. The number of aliphatic imine (C=N–C) groups is 1. The van der Waals surface area contributed by atoms with Crippen molar-refractivity contribution in [3.05, 3.63) is 53.0 Å². The highest BCUT2D eigenvalue weighted by Crippen LogP contribution is 2.32. The number of nitrogens with zero attached hydrogens (tertiary/aromatic N) is 2. The lowest BCUT2D eigenvalue weighted by atomic mass is 10.1. The first-order valence-corrected chi connectivity index (χ1v) is 5.94. The Labute approximate surface area is 110 Å². The van der Waals surface area contributed by atoms with Crippen molar-refractivity contribution in [1.29, 1.82) is 0 Å². The summed E-state index contributed by atoms with van der Waals surface area (Å²) in [5, 5.41) is 0. The first-order chi connectivity index (χ1) is 9.18. The molecule has 19 heavy (non-hydrogen) atoms. The van der Waals surface area contributed by atoms with Crippen molar-refractivity contribution >= 4 is 17.8 Å². The maximum Gasteiger partial charge on any atom is 0.269 e. The zero-order chi connectivity index (χ0) is 13.4. The molecule has 2 aliphatic heterocycles. The number of hydrogen-bond acceptors (Lipinski definition) is 4. The highest BCUT2D eigenvalue weighted by molar-refractivity contribution is 6.28. The normalized spacial score (nSPS) is 18.2. The molecule has 2 aliphatic rings. The minimum atomic E-state index is -0.176. The van der Waals surface area contributed by atoms with E-state index < -0.39 is 0 Å². The molecule has 2 heterocycles. The summed E-state index contributed by atoms with van der Waals surface area (Å²) in [6.07, 6.45) is 1.33. The molecule has 1 aromatic carbocycles. The van der Waals surface area contributed by atoms with Crippen LogP contribution in [0.3, 0.4) is 0 Å². The predicted octanol–water partition coefficient (Wildman–Crippen LogP) is 1.66. The van der Waals surface area contributed by atoms with E-state index in [9.17, 15) is 4.79 Å². The number of hydroxylamine groups is 1. The number of likely N-dealkylation sites (N-methyl/N-ethyl adjacent to an activating group) is 1. The molecule has 5 heteroatoms. The van der Waals surface area contributed by atoms with Gasteiger partial charge in [0.25, 0.3) is 5.91 Å². The number of allylic oxidation sites excluding steroid dienone is 1. The van der Waals surface area contributed by atoms with E-state index in [-0.39, 0.29) is 5.91 Å². The Balaban J connectivity index is 2.22. The second-order valence-corrected chi connectivity index (χ2v) is 4.35.